The lowest BCUT2D eigenvalue weighted by atomic mass is 9.80. The van der Waals surface area contributed by atoms with Crippen LogP contribution in [0.15, 0.2) is 42.5 Å². The number of hydrogen-bond acceptors (Lipinski definition) is 1. The Labute approximate surface area is 234 Å². The molecule has 0 unspecified atom stereocenters. The maximum atomic E-state index is 14.9. The molecular weight excluding hydrogens is 467 g/mol. The van der Waals surface area contributed by atoms with Gasteiger partial charge in [0, 0.05) is 11.6 Å². The largest absolute Gasteiger partial charge is 0.493 e. The van der Waals surface area contributed by atoms with Crippen LogP contribution in [0.4, 0.5) is 4.39 Å². The first-order valence-electron chi connectivity index (χ1n) is 16.2. The van der Waals surface area contributed by atoms with Crippen LogP contribution in [0.1, 0.15) is 135 Å². The van der Waals surface area contributed by atoms with Crippen molar-refractivity contribution in [2.24, 2.45) is 11.8 Å². The van der Waals surface area contributed by atoms with E-state index < -0.39 is 0 Å². The lowest BCUT2D eigenvalue weighted by Gasteiger charge is -2.28. The number of unbranched alkanes of at least 4 members (excludes halogenated alkanes) is 11. The number of hydrogen-bond donors (Lipinski definition) is 0. The third-order valence-corrected chi connectivity index (χ3v) is 8.69. The molecule has 2 aromatic carbocycles. The summed E-state index contributed by atoms with van der Waals surface area (Å²) in [5.74, 6) is 2.00. The fourth-order valence-electron chi connectivity index (χ4n) is 6.07. The van der Waals surface area contributed by atoms with Gasteiger partial charge in [0.15, 0.2) is 0 Å². The fourth-order valence-corrected chi connectivity index (χ4v) is 6.07. The molecule has 2 heteroatoms. The van der Waals surface area contributed by atoms with E-state index in [2.05, 4.69) is 38.1 Å². The van der Waals surface area contributed by atoms with Crippen molar-refractivity contribution >= 4 is 0 Å². The predicted octanol–water partition coefficient (Wildman–Crippen LogP) is 11.7. The first kappa shape index (κ1) is 30.7. The lowest BCUT2D eigenvalue weighted by Crippen LogP contribution is -2.20. The van der Waals surface area contributed by atoms with Crippen molar-refractivity contribution in [2.45, 2.75) is 136 Å². The second-order valence-corrected chi connectivity index (χ2v) is 12.0. The van der Waals surface area contributed by atoms with Gasteiger partial charge in [0.1, 0.15) is 11.6 Å². The van der Waals surface area contributed by atoms with Crippen LogP contribution in [-0.2, 0) is 6.42 Å². The van der Waals surface area contributed by atoms with Crippen LogP contribution in [0.3, 0.4) is 0 Å². The molecule has 3 rings (SSSR count). The van der Waals surface area contributed by atoms with Gasteiger partial charge < -0.3 is 4.74 Å². The minimum Gasteiger partial charge on any atom is -0.493 e. The third kappa shape index (κ3) is 11.5. The molecule has 1 fully saturated rings. The van der Waals surface area contributed by atoms with Crippen molar-refractivity contribution in [3.63, 3.8) is 0 Å². The van der Waals surface area contributed by atoms with Crippen LogP contribution in [0.25, 0.3) is 11.1 Å². The molecule has 0 radical (unpaired) electrons. The smallest absolute Gasteiger partial charge is 0.134 e. The van der Waals surface area contributed by atoms with Gasteiger partial charge in [-0.05, 0) is 60.8 Å². The van der Waals surface area contributed by atoms with E-state index in [4.69, 9.17) is 4.74 Å². The quantitative estimate of drug-likeness (QED) is 0.167. The van der Waals surface area contributed by atoms with Gasteiger partial charge in [-0.15, -0.1) is 0 Å². The summed E-state index contributed by atoms with van der Waals surface area (Å²) in [6.07, 6.45) is 25.5. The van der Waals surface area contributed by atoms with Gasteiger partial charge in [-0.1, -0.05) is 134 Å². The van der Waals surface area contributed by atoms with Crippen LogP contribution in [0.5, 0.6) is 5.75 Å². The molecule has 0 aromatic heterocycles. The topological polar surface area (TPSA) is 9.23 Å². The normalized spacial score (nSPS) is 17.6. The minimum absolute atomic E-state index is 0.191. The number of benzene rings is 2. The Hall–Kier alpha value is -1.83. The predicted molar refractivity (Wildman–Crippen MR) is 162 cm³/mol. The monoisotopic (exact) mass is 522 g/mol. The number of halogens is 1. The van der Waals surface area contributed by atoms with Gasteiger partial charge in [0.25, 0.3) is 0 Å². The molecule has 0 spiro atoms. The summed E-state index contributed by atoms with van der Waals surface area (Å²) >= 11 is 0. The number of rotatable bonds is 19. The molecule has 0 bridgehead atoms. The van der Waals surface area contributed by atoms with Gasteiger partial charge >= 0.3 is 0 Å². The summed E-state index contributed by atoms with van der Waals surface area (Å²) in [4.78, 5) is 0. The molecule has 1 aliphatic carbocycles. The zero-order chi connectivity index (χ0) is 26.8. The van der Waals surface area contributed by atoms with Crippen molar-refractivity contribution < 1.29 is 9.13 Å². The molecule has 38 heavy (non-hydrogen) atoms. The Morgan fingerprint density at radius 1 is 0.658 bits per heavy atom. The molecule has 0 saturated heterocycles. The molecule has 1 nitrogen and oxygen atoms in total. The van der Waals surface area contributed by atoms with Crippen LogP contribution in [0, 0.1) is 17.7 Å². The van der Waals surface area contributed by atoms with Gasteiger partial charge in [0.2, 0.25) is 0 Å². The minimum atomic E-state index is -0.191. The first-order chi connectivity index (χ1) is 18.7. The molecular formula is C36H55FO. The van der Waals surface area contributed by atoms with E-state index in [1.54, 1.807) is 6.07 Å². The Morgan fingerprint density at radius 2 is 1.24 bits per heavy atom. The number of aryl methyl sites for hydroxylation is 1. The highest BCUT2D eigenvalue weighted by molar-refractivity contribution is 5.65. The molecule has 1 saturated carbocycles. The molecule has 0 amide bonds. The SMILES string of the molecule is CCCCCCCCCC[C@H]1CC[C@H](COc2ccc(-c3ccc(CCCCCCC)cc3)c(F)c2)CC1. The van der Waals surface area contributed by atoms with Crippen LogP contribution in [0.2, 0.25) is 0 Å². The average molecular weight is 523 g/mol. The lowest BCUT2D eigenvalue weighted by molar-refractivity contribution is 0.177. The molecule has 0 atom stereocenters. The Bertz CT molecular complexity index is 865. The van der Waals surface area contributed by atoms with Crippen molar-refractivity contribution in [3.05, 3.63) is 53.8 Å². The summed E-state index contributed by atoms with van der Waals surface area (Å²) in [7, 11) is 0. The van der Waals surface area contributed by atoms with Gasteiger partial charge in [-0.2, -0.15) is 0 Å². The van der Waals surface area contributed by atoms with Crippen molar-refractivity contribution in [2.75, 3.05) is 6.61 Å². The third-order valence-electron chi connectivity index (χ3n) is 8.69. The van der Waals surface area contributed by atoms with E-state index in [1.165, 1.54) is 121 Å². The standard InChI is InChI=1S/C36H55FO/c1-3-5-7-9-10-11-13-15-16-30-18-20-32(21-19-30)29-38-34-26-27-35(36(37)28-34)33-24-22-31(23-25-33)17-14-12-8-6-4-2/h22-28,30,32H,3-21,29H2,1-2H3/t30-,32-. The highest BCUT2D eigenvalue weighted by Crippen LogP contribution is 2.33. The summed E-state index contributed by atoms with van der Waals surface area (Å²) in [6, 6.07) is 13.8. The van der Waals surface area contributed by atoms with E-state index in [-0.39, 0.29) is 5.82 Å². The van der Waals surface area contributed by atoms with E-state index >= 15 is 0 Å². The number of ether oxygens (including phenoxy) is 1. The van der Waals surface area contributed by atoms with Gasteiger partial charge in [-0.25, -0.2) is 4.39 Å². The zero-order valence-electron chi connectivity index (χ0n) is 24.6. The summed E-state index contributed by atoms with van der Waals surface area (Å²) in [5.41, 5.74) is 2.95. The Balaban J connectivity index is 1.32. The van der Waals surface area contributed by atoms with Crippen LogP contribution in [-0.4, -0.2) is 6.61 Å². The Kier molecular flexibility index (Phi) is 14.9. The highest BCUT2D eigenvalue weighted by atomic mass is 19.1. The Morgan fingerprint density at radius 3 is 1.87 bits per heavy atom. The van der Waals surface area contributed by atoms with Crippen molar-refractivity contribution in [1.29, 1.82) is 0 Å². The first-order valence-corrected chi connectivity index (χ1v) is 16.2. The van der Waals surface area contributed by atoms with E-state index in [0.29, 0.717) is 17.2 Å². The van der Waals surface area contributed by atoms with E-state index in [9.17, 15) is 4.39 Å². The van der Waals surface area contributed by atoms with Crippen LogP contribution < -0.4 is 4.74 Å². The fraction of sp³-hybridized carbons (Fsp3) is 0.667. The highest BCUT2D eigenvalue weighted by Gasteiger charge is 2.21. The maximum Gasteiger partial charge on any atom is 0.134 e. The molecule has 1 aliphatic rings. The second-order valence-electron chi connectivity index (χ2n) is 12.0. The van der Waals surface area contributed by atoms with E-state index in [1.807, 2.05) is 12.1 Å². The molecule has 0 aliphatic heterocycles. The van der Waals surface area contributed by atoms with Crippen molar-refractivity contribution in [1.82, 2.24) is 0 Å². The molecule has 0 heterocycles. The van der Waals surface area contributed by atoms with Crippen LogP contribution >= 0.6 is 0 Å². The van der Waals surface area contributed by atoms with Crippen molar-refractivity contribution in [3.8, 4) is 16.9 Å². The molecule has 212 valence electrons. The van der Waals surface area contributed by atoms with E-state index in [0.717, 1.165) is 24.5 Å². The van der Waals surface area contributed by atoms with Gasteiger partial charge in [0.05, 0.1) is 6.61 Å². The second kappa shape index (κ2) is 18.5. The summed E-state index contributed by atoms with van der Waals surface area (Å²) < 4.78 is 21.0. The molecule has 0 N–H and O–H groups in total. The summed E-state index contributed by atoms with van der Waals surface area (Å²) in [6.45, 7) is 5.26. The zero-order valence-corrected chi connectivity index (χ0v) is 24.6. The maximum absolute atomic E-state index is 14.9. The molecule has 2 aromatic rings. The van der Waals surface area contributed by atoms with Gasteiger partial charge in [-0.3, -0.25) is 0 Å². The average Bonchev–Trinajstić information content (AvgIpc) is 2.94. The summed E-state index contributed by atoms with van der Waals surface area (Å²) in [5, 5.41) is 0.